The van der Waals surface area contributed by atoms with Crippen molar-refractivity contribution in [3.05, 3.63) is 67.8 Å². The number of aromatic nitrogens is 2. The summed E-state index contributed by atoms with van der Waals surface area (Å²) in [5.41, 5.74) is 0.751. The molecule has 3 unspecified atom stereocenters. The van der Waals surface area contributed by atoms with Crippen LogP contribution in [0.3, 0.4) is 0 Å². The Labute approximate surface area is 217 Å². The topological polar surface area (TPSA) is 142 Å². The summed E-state index contributed by atoms with van der Waals surface area (Å²) in [6, 6.07) is 7.47. The van der Waals surface area contributed by atoms with Crippen LogP contribution < -0.4 is 15.6 Å². The Hall–Kier alpha value is -3.54. The number of ether oxygens (including phenoxy) is 1. The quantitative estimate of drug-likeness (QED) is 0.303. The Kier molecular flexibility index (Phi) is 6.37. The van der Waals surface area contributed by atoms with Gasteiger partial charge in [0.25, 0.3) is 5.56 Å². The van der Waals surface area contributed by atoms with Crippen molar-refractivity contribution in [3.8, 4) is 17.1 Å². The molecule has 0 aliphatic carbocycles. The number of hydrogen-bond acceptors (Lipinski definition) is 7. The summed E-state index contributed by atoms with van der Waals surface area (Å²) in [6.07, 6.45) is 0.417. The summed E-state index contributed by atoms with van der Waals surface area (Å²) in [4.78, 5) is 56.3. The normalized spacial score (nSPS) is 20.8. The first-order chi connectivity index (χ1) is 17.3. The number of amides is 2. The van der Waals surface area contributed by atoms with Gasteiger partial charge in [0.2, 0.25) is 12.3 Å². The highest BCUT2D eigenvalue weighted by Gasteiger charge is 2.55. The van der Waals surface area contributed by atoms with E-state index in [1.165, 1.54) is 22.7 Å². The lowest BCUT2D eigenvalue weighted by molar-refractivity contribution is -0.159. The van der Waals surface area contributed by atoms with E-state index < -0.39 is 34.9 Å². The lowest BCUT2D eigenvalue weighted by atomic mass is 9.98. The van der Waals surface area contributed by atoms with Gasteiger partial charge in [-0.25, -0.2) is 9.78 Å². The lowest BCUT2D eigenvalue weighted by Gasteiger charge is -2.50. The number of rotatable bonds is 7. The fourth-order valence-electron chi connectivity index (χ4n) is 4.14. The fraction of sp³-hybridized carbons (Fsp3) is 0.174. The van der Waals surface area contributed by atoms with Crippen molar-refractivity contribution in [3.63, 3.8) is 0 Å². The molecule has 5 rings (SSSR count). The molecule has 36 heavy (non-hydrogen) atoms. The largest absolute Gasteiger partial charge is 0.488 e. The van der Waals surface area contributed by atoms with Crippen molar-refractivity contribution >= 4 is 64.2 Å². The molecule has 1 aromatic heterocycles. The van der Waals surface area contributed by atoms with Crippen molar-refractivity contribution in [2.75, 3.05) is 6.61 Å². The van der Waals surface area contributed by atoms with Crippen LogP contribution in [0, 0.1) is 0 Å². The minimum absolute atomic E-state index is 0.158. The van der Waals surface area contributed by atoms with Crippen LogP contribution in [-0.4, -0.2) is 62.3 Å². The van der Waals surface area contributed by atoms with E-state index in [9.17, 15) is 24.3 Å². The average Bonchev–Trinajstić information content (AvgIpc) is 2.86. The number of β-lactam (4-membered cyclic amide) rings is 1. The standard InChI is InChI=1S/C23H16Cl2N4O6S/c24-11-1-3-15-13(5-11)20(31)28-19(27-15)14-6-12(25)2-4-16(14)35-7-10-8-36-22-17(26-9-30)21(32)29(22)18(10)23(33)34/h1-6,8-9,17-18,22H,7H2,(H,26,30)(H,33,34)(H,27,28,31). The predicted octanol–water partition coefficient (Wildman–Crippen LogP) is 2.64. The second-order valence-corrected chi connectivity index (χ2v) is 9.84. The highest BCUT2D eigenvalue weighted by molar-refractivity contribution is 8.02. The molecule has 13 heteroatoms. The summed E-state index contributed by atoms with van der Waals surface area (Å²) in [5, 5.41) is 14.4. The molecule has 184 valence electrons. The first kappa shape index (κ1) is 24.2. The van der Waals surface area contributed by atoms with Crippen molar-refractivity contribution in [1.29, 1.82) is 0 Å². The monoisotopic (exact) mass is 546 g/mol. The number of carboxylic acids is 1. The maximum atomic E-state index is 12.7. The van der Waals surface area contributed by atoms with Crippen molar-refractivity contribution in [2.45, 2.75) is 17.5 Å². The summed E-state index contributed by atoms with van der Waals surface area (Å²) in [6.45, 7) is -0.158. The summed E-state index contributed by atoms with van der Waals surface area (Å²) in [7, 11) is 0. The predicted molar refractivity (Wildman–Crippen MR) is 134 cm³/mol. The van der Waals surface area contributed by atoms with Crippen LogP contribution in [0.1, 0.15) is 0 Å². The maximum absolute atomic E-state index is 12.7. The number of benzene rings is 2. The molecule has 2 aliphatic heterocycles. The number of nitrogens with one attached hydrogen (secondary N) is 2. The van der Waals surface area contributed by atoms with Crippen LogP contribution in [0.2, 0.25) is 10.0 Å². The maximum Gasteiger partial charge on any atom is 0.330 e. The van der Waals surface area contributed by atoms with Crippen molar-refractivity contribution < 1.29 is 24.2 Å². The Morgan fingerprint density at radius 2 is 1.97 bits per heavy atom. The van der Waals surface area contributed by atoms with E-state index >= 15 is 0 Å². The number of aliphatic carboxylic acids is 1. The highest BCUT2D eigenvalue weighted by Crippen LogP contribution is 2.40. The number of carbonyl (C=O) groups is 3. The van der Waals surface area contributed by atoms with Gasteiger partial charge in [-0.3, -0.25) is 14.4 Å². The van der Waals surface area contributed by atoms with Gasteiger partial charge in [-0.2, -0.15) is 0 Å². The molecule has 0 spiro atoms. The molecule has 0 bridgehead atoms. The Balaban J connectivity index is 1.45. The van der Waals surface area contributed by atoms with Gasteiger partial charge in [0.05, 0.1) is 16.5 Å². The molecule has 2 aromatic carbocycles. The summed E-state index contributed by atoms with van der Waals surface area (Å²) in [5.74, 6) is -1.20. The van der Waals surface area contributed by atoms with Gasteiger partial charge in [0, 0.05) is 15.6 Å². The molecule has 3 heterocycles. The molecule has 10 nitrogen and oxygen atoms in total. The number of hydrogen-bond donors (Lipinski definition) is 3. The van der Waals surface area contributed by atoms with Gasteiger partial charge in [-0.15, -0.1) is 11.8 Å². The fourth-order valence-corrected chi connectivity index (χ4v) is 5.70. The number of halogens is 2. The van der Waals surface area contributed by atoms with Gasteiger partial charge in [-0.05, 0) is 41.8 Å². The Bertz CT molecular complexity index is 1510. The zero-order valence-electron chi connectivity index (χ0n) is 18.1. The van der Waals surface area contributed by atoms with Gasteiger partial charge in [0.1, 0.15) is 29.6 Å². The van der Waals surface area contributed by atoms with E-state index in [1.54, 1.807) is 35.7 Å². The third kappa shape index (κ3) is 4.19. The Morgan fingerprint density at radius 3 is 2.72 bits per heavy atom. The zero-order valence-corrected chi connectivity index (χ0v) is 20.4. The van der Waals surface area contributed by atoms with Crippen LogP contribution in [0.4, 0.5) is 0 Å². The van der Waals surface area contributed by atoms with Crippen LogP contribution in [0.25, 0.3) is 22.3 Å². The number of fused-ring (bicyclic) bond motifs is 2. The van der Waals surface area contributed by atoms with E-state index in [0.29, 0.717) is 44.2 Å². The number of thioether (sulfide) groups is 1. The summed E-state index contributed by atoms with van der Waals surface area (Å²) >= 11 is 13.4. The number of aromatic amines is 1. The second kappa shape index (κ2) is 9.49. The van der Waals surface area contributed by atoms with Crippen molar-refractivity contribution in [1.82, 2.24) is 20.2 Å². The second-order valence-electron chi connectivity index (χ2n) is 7.97. The van der Waals surface area contributed by atoms with Gasteiger partial charge < -0.3 is 25.0 Å². The SMILES string of the molecule is O=CNC1C(=O)N2C(C(=O)O)C(COc3ccc(Cl)cc3-c3nc4ccc(Cl)cc4c(=O)[nH]3)=CSC12. The van der Waals surface area contributed by atoms with E-state index in [2.05, 4.69) is 15.3 Å². The minimum atomic E-state index is -1.24. The molecule has 2 aliphatic rings. The molecule has 1 saturated heterocycles. The van der Waals surface area contributed by atoms with Gasteiger partial charge in [-0.1, -0.05) is 23.2 Å². The molecule has 3 N–H and O–H groups in total. The van der Waals surface area contributed by atoms with E-state index in [1.807, 2.05) is 0 Å². The zero-order chi connectivity index (χ0) is 25.6. The first-order valence-corrected chi connectivity index (χ1v) is 12.2. The lowest BCUT2D eigenvalue weighted by Crippen LogP contribution is -2.73. The van der Waals surface area contributed by atoms with Crippen LogP contribution in [-0.2, 0) is 14.4 Å². The van der Waals surface area contributed by atoms with E-state index in [-0.39, 0.29) is 12.4 Å². The van der Waals surface area contributed by atoms with Crippen LogP contribution in [0.5, 0.6) is 5.75 Å². The van der Waals surface area contributed by atoms with Crippen LogP contribution >= 0.6 is 35.0 Å². The average molecular weight is 547 g/mol. The molecule has 0 radical (unpaired) electrons. The summed E-state index contributed by atoms with van der Waals surface area (Å²) < 4.78 is 5.96. The number of nitrogens with zero attached hydrogens (tertiary/aromatic N) is 2. The van der Waals surface area contributed by atoms with Crippen molar-refractivity contribution in [2.24, 2.45) is 0 Å². The van der Waals surface area contributed by atoms with E-state index in [4.69, 9.17) is 27.9 Å². The molecule has 1 fully saturated rings. The smallest absolute Gasteiger partial charge is 0.330 e. The molecule has 3 atom stereocenters. The van der Waals surface area contributed by atoms with Crippen LogP contribution in [0.15, 0.2) is 52.2 Å². The molecule has 3 aromatic rings. The number of H-pyrrole nitrogens is 1. The molecule has 0 saturated carbocycles. The number of carboxylic acid groups (broad SMARTS) is 1. The number of carbonyl (C=O) groups excluding carboxylic acids is 2. The highest BCUT2D eigenvalue weighted by atomic mass is 35.5. The van der Waals surface area contributed by atoms with Gasteiger partial charge in [0.15, 0.2) is 6.04 Å². The minimum Gasteiger partial charge on any atom is -0.488 e. The Morgan fingerprint density at radius 1 is 1.22 bits per heavy atom. The molecule has 2 amide bonds. The first-order valence-electron chi connectivity index (χ1n) is 10.5. The third-order valence-corrected chi connectivity index (χ3v) is 7.50. The van der Waals surface area contributed by atoms with Gasteiger partial charge >= 0.3 is 5.97 Å². The third-order valence-electron chi connectivity index (χ3n) is 5.81. The molecular formula is C23H16Cl2N4O6S. The molecular weight excluding hydrogens is 531 g/mol. The van der Waals surface area contributed by atoms with E-state index in [0.717, 1.165) is 0 Å².